The fourth-order valence-corrected chi connectivity index (χ4v) is 1.86. The number of benzene rings is 1. The number of rotatable bonds is 2. The zero-order valence-electron chi connectivity index (χ0n) is 8.40. The third-order valence-electron chi connectivity index (χ3n) is 2.03. The van der Waals surface area contributed by atoms with Crippen LogP contribution in [0.5, 0.6) is 0 Å². The van der Waals surface area contributed by atoms with E-state index in [1.54, 1.807) is 31.3 Å². The maximum absolute atomic E-state index is 11.3. The maximum Gasteiger partial charge on any atom is 0.251 e. The van der Waals surface area contributed by atoms with Crippen molar-refractivity contribution in [1.29, 1.82) is 0 Å². The van der Waals surface area contributed by atoms with Gasteiger partial charge in [-0.25, -0.2) is 4.98 Å². The van der Waals surface area contributed by atoms with Gasteiger partial charge in [-0.15, -0.1) is 0 Å². The van der Waals surface area contributed by atoms with Crippen LogP contribution in [0.25, 0.3) is 11.4 Å². The fourth-order valence-electron chi connectivity index (χ4n) is 1.24. The molecule has 0 aliphatic heterocycles. The lowest BCUT2D eigenvalue weighted by Crippen LogP contribution is -2.17. The SMILES string of the molecule is CNC(=O)c1ccc(-c2nsc(Cl)n2)cc1. The number of carbonyl (C=O) groups is 1. The molecule has 0 unspecified atom stereocenters. The molecule has 1 aromatic heterocycles. The molecule has 0 aliphatic rings. The normalized spacial score (nSPS) is 10.1. The van der Waals surface area contributed by atoms with Crippen LogP contribution in [-0.4, -0.2) is 22.3 Å². The largest absolute Gasteiger partial charge is 0.355 e. The highest BCUT2D eigenvalue weighted by atomic mass is 35.5. The van der Waals surface area contributed by atoms with Crippen LogP contribution in [0.2, 0.25) is 4.47 Å². The van der Waals surface area contributed by atoms with Crippen LogP contribution in [0.3, 0.4) is 0 Å². The average Bonchev–Trinajstić information content (AvgIpc) is 2.75. The number of aromatic nitrogens is 2. The van der Waals surface area contributed by atoms with E-state index in [4.69, 9.17) is 11.6 Å². The highest BCUT2D eigenvalue weighted by Gasteiger charge is 2.07. The summed E-state index contributed by atoms with van der Waals surface area (Å²) in [5.41, 5.74) is 1.45. The smallest absolute Gasteiger partial charge is 0.251 e. The number of nitrogens with one attached hydrogen (secondary N) is 1. The van der Waals surface area contributed by atoms with Gasteiger partial charge in [0.2, 0.25) is 4.47 Å². The van der Waals surface area contributed by atoms with Gasteiger partial charge in [0.15, 0.2) is 5.82 Å². The zero-order chi connectivity index (χ0) is 11.5. The number of amides is 1. The second kappa shape index (κ2) is 4.59. The lowest BCUT2D eigenvalue weighted by Gasteiger charge is -2.00. The highest BCUT2D eigenvalue weighted by Crippen LogP contribution is 2.21. The van der Waals surface area contributed by atoms with Crippen LogP contribution in [0.1, 0.15) is 10.4 Å². The lowest BCUT2D eigenvalue weighted by atomic mass is 10.1. The Balaban J connectivity index is 2.29. The van der Waals surface area contributed by atoms with Gasteiger partial charge in [0.1, 0.15) is 0 Å². The van der Waals surface area contributed by atoms with Crippen molar-refractivity contribution in [1.82, 2.24) is 14.7 Å². The summed E-state index contributed by atoms with van der Waals surface area (Å²) in [7, 11) is 1.60. The summed E-state index contributed by atoms with van der Waals surface area (Å²) in [6.07, 6.45) is 0. The van der Waals surface area contributed by atoms with E-state index in [1.165, 1.54) is 0 Å². The van der Waals surface area contributed by atoms with Gasteiger partial charge in [0.25, 0.3) is 5.91 Å². The molecule has 0 saturated heterocycles. The zero-order valence-corrected chi connectivity index (χ0v) is 9.97. The van der Waals surface area contributed by atoms with Crippen LogP contribution in [-0.2, 0) is 0 Å². The molecule has 0 atom stereocenters. The van der Waals surface area contributed by atoms with E-state index in [0.717, 1.165) is 17.1 Å². The lowest BCUT2D eigenvalue weighted by molar-refractivity contribution is 0.0963. The molecule has 1 heterocycles. The highest BCUT2D eigenvalue weighted by molar-refractivity contribution is 7.10. The Labute approximate surface area is 101 Å². The Morgan fingerprint density at radius 1 is 1.38 bits per heavy atom. The number of hydrogen-bond acceptors (Lipinski definition) is 4. The van der Waals surface area contributed by atoms with E-state index in [1.807, 2.05) is 0 Å². The summed E-state index contributed by atoms with van der Waals surface area (Å²) in [5.74, 6) is 0.467. The van der Waals surface area contributed by atoms with Crippen molar-refractivity contribution in [3.05, 3.63) is 34.3 Å². The predicted octanol–water partition coefficient (Wildman–Crippen LogP) is 2.22. The van der Waals surface area contributed by atoms with Crippen LogP contribution in [0.15, 0.2) is 24.3 Å². The Morgan fingerprint density at radius 2 is 2.06 bits per heavy atom. The van der Waals surface area contributed by atoms with Gasteiger partial charge in [-0.2, -0.15) is 4.37 Å². The van der Waals surface area contributed by atoms with Gasteiger partial charge in [-0.3, -0.25) is 4.79 Å². The molecule has 2 aromatic rings. The molecule has 1 amide bonds. The fraction of sp³-hybridized carbons (Fsp3) is 0.100. The maximum atomic E-state index is 11.3. The number of carbonyl (C=O) groups excluding carboxylic acids is 1. The van der Waals surface area contributed by atoms with Crippen LogP contribution in [0, 0.1) is 0 Å². The number of nitrogens with zero attached hydrogens (tertiary/aromatic N) is 2. The quantitative estimate of drug-likeness (QED) is 0.893. The molecule has 1 N–H and O–H groups in total. The molecular weight excluding hydrogens is 246 g/mol. The van der Waals surface area contributed by atoms with E-state index in [-0.39, 0.29) is 5.91 Å². The second-order valence-electron chi connectivity index (χ2n) is 3.03. The van der Waals surface area contributed by atoms with Crippen LogP contribution in [0.4, 0.5) is 0 Å². The van der Waals surface area contributed by atoms with E-state index in [2.05, 4.69) is 14.7 Å². The van der Waals surface area contributed by atoms with Crippen LogP contribution < -0.4 is 5.32 Å². The summed E-state index contributed by atoms with van der Waals surface area (Å²) in [6.45, 7) is 0. The van der Waals surface area contributed by atoms with Gasteiger partial charge in [0.05, 0.1) is 0 Å². The van der Waals surface area contributed by atoms with Gasteiger partial charge in [-0.1, -0.05) is 12.1 Å². The van der Waals surface area contributed by atoms with Crippen molar-refractivity contribution in [2.24, 2.45) is 0 Å². The monoisotopic (exact) mass is 253 g/mol. The Kier molecular flexibility index (Phi) is 3.17. The van der Waals surface area contributed by atoms with Crippen molar-refractivity contribution in [2.45, 2.75) is 0 Å². The summed E-state index contributed by atoms with van der Waals surface area (Å²) in [5, 5.41) is 2.56. The van der Waals surface area contributed by atoms with Gasteiger partial charge in [-0.05, 0) is 35.3 Å². The second-order valence-corrected chi connectivity index (χ2v) is 4.36. The van der Waals surface area contributed by atoms with Gasteiger partial charge >= 0.3 is 0 Å². The first-order chi connectivity index (χ1) is 7.70. The first-order valence-electron chi connectivity index (χ1n) is 4.52. The molecule has 2 rings (SSSR count). The van der Waals surface area contributed by atoms with Crippen molar-refractivity contribution in [3.8, 4) is 11.4 Å². The van der Waals surface area contributed by atoms with Crippen LogP contribution >= 0.6 is 23.1 Å². The van der Waals surface area contributed by atoms with Crippen molar-refractivity contribution >= 4 is 29.0 Å². The molecule has 1 aromatic carbocycles. The average molecular weight is 254 g/mol. The molecule has 0 aliphatic carbocycles. The molecule has 0 radical (unpaired) electrons. The van der Waals surface area contributed by atoms with Crippen molar-refractivity contribution in [3.63, 3.8) is 0 Å². The Morgan fingerprint density at radius 3 is 2.56 bits per heavy atom. The minimum absolute atomic E-state index is 0.115. The molecule has 0 saturated carbocycles. The molecule has 4 nitrogen and oxygen atoms in total. The molecule has 6 heteroatoms. The van der Waals surface area contributed by atoms with Crippen molar-refractivity contribution in [2.75, 3.05) is 7.05 Å². The molecule has 0 spiro atoms. The first kappa shape index (κ1) is 11.0. The number of hydrogen-bond donors (Lipinski definition) is 1. The Bertz CT molecular complexity index is 509. The standard InChI is InChI=1S/C10H8ClN3OS/c1-12-9(15)7-4-2-6(3-5-7)8-13-10(11)16-14-8/h2-5H,1H3,(H,12,15). The summed E-state index contributed by atoms with van der Waals surface area (Å²) in [6, 6.07) is 7.04. The molecule has 16 heavy (non-hydrogen) atoms. The third kappa shape index (κ3) is 2.20. The third-order valence-corrected chi connectivity index (χ3v) is 2.83. The van der Waals surface area contributed by atoms with Crippen molar-refractivity contribution < 1.29 is 4.79 Å². The summed E-state index contributed by atoms with van der Waals surface area (Å²) in [4.78, 5) is 15.4. The van der Waals surface area contributed by atoms with E-state index >= 15 is 0 Å². The van der Waals surface area contributed by atoms with Gasteiger partial charge < -0.3 is 5.32 Å². The first-order valence-corrected chi connectivity index (χ1v) is 5.67. The van der Waals surface area contributed by atoms with E-state index < -0.39 is 0 Å². The van der Waals surface area contributed by atoms with Gasteiger partial charge in [0, 0.05) is 18.2 Å². The van der Waals surface area contributed by atoms with E-state index in [0.29, 0.717) is 15.9 Å². The molecule has 82 valence electrons. The molecular formula is C10H8ClN3OS. The van der Waals surface area contributed by atoms with E-state index in [9.17, 15) is 4.79 Å². The summed E-state index contributed by atoms with van der Waals surface area (Å²) >= 11 is 6.83. The molecule has 0 bridgehead atoms. The Hall–Kier alpha value is -1.46. The minimum Gasteiger partial charge on any atom is -0.355 e. The summed E-state index contributed by atoms with van der Waals surface area (Å²) < 4.78 is 4.49. The topological polar surface area (TPSA) is 54.9 Å². The number of halogens is 1. The molecule has 0 fully saturated rings. The minimum atomic E-state index is -0.115. The predicted molar refractivity (Wildman–Crippen MR) is 63.7 cm³/mol.